The molecule has 0 aromatic heterocycles. The summed E-state index contributed by atoms with van der Waals surface area (Å²) in [4.78, 5) is 0. The van der Waals surface area contributed by atoms with E-state index in [0.29, 0.717) is 0 Å². The summed E-state index contributed by atoms with van der Waals surface area (Å²) in [6, 6.07) is 0. The first-order chi connectivity index (χ1) is 4.31. The molecule has 0 rings (SSSR count). The molecule has 0 aromatic carbocycles. The molecule has 0 aliphatic carbocycles. The molecule has 0 amide bonds. The Morgan fingerprint density at radius 2 is 2.22 bits per heavy atom. The topological polar surface area (TPSA) is 20.2 Å². The van der Waals surface area contributed by atoms with Gasteiger partial charge in [-0.05, 0) is 12.8 Å². The van der Waals surface area contributed by atoms with E-state index in [1.807, 2.05) is 0 Å². The van der Waals surface area contributed by atoms with Crippen LogP contribution in [-0.2, 0) is 0 Å². The third-order valence-electron chi connectivity index (χ3n) is 1.27. The molecule has 52 valence electrons. The second-order valence-electron chi connectivity index (χ2n) is 2.18. The summed E-state index contributed by atoms with van der Waals surface area (Å²) in [5.74, 6) is 2.28. The van der Waals surface area contributed by atoms with Crippen molar-refractivity contribution in [2.24, 2.45) is 0 Å². The van der Waals surface area contributed by atoms with Gasteiger partial charge in [-0.1, -0.05) is 25.7 Å². The van der Waals surface area contributed by atoms with Crippen LogP contribution in [0.25, 0.3) is 0 Å². The number of rotatable bonds is 4. The molecule has 0 saturated heterocycles. The minimum atomic E-state index is -0.517. The maximum absolute atomic E-state index is 8.85. The van der Waals surface area contributed by atoms with E-state index in [9.17, 15) is 0 Å². The van der Waals surface area contributed by atoms with Gasteiger partial charge in [0, 0.05) is 0 Å². The van der Waals surface area contributed by atoms with Crippen LogP contribution >= 0.6 is 0 Å². The molecule has 9 heavy (non-hydrogen) atoms. The number of terminal acetylenes is 1. The van der Waals surface area contributed by atoms with Crippen molar-refractivity contribution in [3.05, 3.63) is 0 Å². The molecule has 0 saturated carbocycles. The molecule has 0 bridgehead atoms. The van der Waals surface area contributed by atoms with Crippen LogP contribution in [0.1, 0.15) is 32.6 Å². The second-order valence-corrected chi connectivity index (χ2v) is 2.18. The van der Waals surface area contributed by atoms with Gasteiger partial charge in [0.2, 0.25) is 0 Å². The first-order valence-corrected chi connectivity index (χ1v) is 3.45. The molecule has 1 atom stereocenters. The molecule has 1 N–H and O–H groups in total. The fraction of sp³-hybridized carbons (Fsp3) is 0.750. The van der Waals surface area contributed by atoms with Crippen molar-refractivity contribution in [1.29, 1.82) is 0 Å². The molecule has 0 spiro atoms. The van der Waals surface area contributed by atoms with Crippen LogP contribution in [0, 0.1) is 12.3 Å². The summed E-state index contributed by atoms with van der Waals surface area (Å²) in [6.07, 6.45) is 8.58. The van der Waals surface area contributed by atoms with Crippen LogP contribution < -0.4 is 0 Å². The van der Waals surface area contributed by atoms with E-state index in [-0.39, 0.29) is 0 Å². The smallest absolute Gasteiger partial charge is 0.114 e. The van der Waals surface area contributed by atoms with Gasteiger partial charge in [-0.3, -0.25) is 0 Å². The predicted molar refractivity (Wildman–Crippen MR) is 39.0 cm³/mol. The van der Waals surface area contributed by atoms with Gasteiger partial charge in [-0.2, -0.15) is 0 Å². The van der Waals surface area contributed by atoms with Gasteiger partial charge in [0.1, 0.15) is 6.10 Å². The van der Waals surface area contributed by atoms with E-state index in [1.54, 1.807) is 0 Å². The third-order valence-corrected chi connectivity index (χ3v) is 1.27. The molecule has 1 heteroatoms. The van der Waals surface area contributed by atoms with E-state index < -0.39 is 6.10 Å². The van der Waals surface area contributed by atoms with Crippen LogP contribution in [0.5, 0.6) is 0 Å². The van der Waals surface area contributed by atoms with Crippen molar-refractivity contribution in [3.8, 4) is 12.3 Å². The highest BCUT2D eigenvalue weighted by Crippen LogP contribution is 2.01. The van der Waals surface area contributed by atoms with Gasteiger partial charge in [0.25, 0.3) is 0 Å². The largest absolute Gasteiger partial charge is 0.380 e. The Labute approximate surface area is 57.1 Å². The lowest BCUT2D eigenvalue weighted by Crippen LogP contribution is -2.00. The van der Waals surface area contributed by atoms with Crippen molar-refractivity contribution in [2.45, 2.75) is 38.7 Å². The molecular formula is C8H14O. The standard InChI is InChI=1S/C8H14O/c1-3-5-6-7-8(9)4-2/h2,8-9H,3,5-7H2,1H3/t8-/m0/s1. The lowest BCUT2D eigenvalue weighted by atomic mass is 10.1. The lowest BCUT2D eigenvalue weighted by Gasteiger charge is -1.99. The molecular weight excluding hydrogens is 112 g/mol. The lowest BCUT2D eigenvalue weighted by molar-refractivity contribution is 0.217. The Balaban J connectivity index is 2.99. The Morgan fingerprint density at radius 1 is 1.56 bits per heavy atom. The number of aliphatic hydroxyl groups is 1. The Hall–Kier alpha value is -0.480. The fourth-order valence-corrected chi connectivity index (χ4v) is 0.671. The van der Waals surface area contributed by atoms with E-state index >= 15 is 0 Å². The van der Waals surface area contributed by atoms with Crippen LogP contribution in [0.2, 0.25) is 0 Å². The summed E-state index contributed by atoms with van der Waals surface area (Å²) in [5.41, 5.74) is 0. The molecule has 0 fully saturated rings. The molecule has 0 aliphatic rings. The van der Waals surface area contributed by atoms with Gasteiger partial charge in [0.15, 0.2) is 0 Å². The van der Waals surface area contributed by atoms with Gasteiger partial charge in [-0.15, -0.1) is 6.42 Å². The third kappa shape index (κ3) is 5.39. The summed E-state index contributed by atoms with van der Waals surface area (Å²) < 4.78 is 0. The summed E-state index contributed by atoms with van der Waals surface area (Å²) >= 11 is 0. The van der Waals surface area contributed by atoms with Crippen molar-refractivity contribution in [2.75, 3.05) is 0 Å². The molecule has 0 aromatic rings. The zero-order chi connectivity index (χ0) is 7.11. The van der Waals surface area contributed by atoms with E-state index in [1.165, 1.54) is 12.8 Å². The van der Waals surface area contributed by atoms with Crippen molar-refractivity contribution in [3.63, 3.8) is 0 Å². The first-order valence-electron chi connectivity index (χ1n) is 3.45. The van der Waals surface area contributed by atoms with E-state index in [0.717, 1.165) is 12.8 Å². The van der Waals surface area contributed by atoms with E-state index in [4.69, 9.17) is 11.5 Å². The Bertz CT molecular complexity index is 91.2. The van der Waals surface area contributed by atoms with Gasteiger partial charge in [-0.25, -0.2) is 0 Å². The number of hydrogen-bond donors (Lipinski definition) is 1. The average molecular weight is 126 g/mol. The van der Waals surface area contributed by atoms with Crippen LogP contribution in [0.4, 0.5) is 0 Å². The van der Waals surface area contributed by atoms with Gasteiger partial charge >= 0.3 is 0 Å². The zero-order valence-corrected chi connectivity index (χ0v) is 5.93. The summed E-state index contributed by atoms with van der Waals surface area (Å²) in [7, 11) is 0. The predicted octanol–water partition coefficient (Wildman–Crippen LogP) is 1.56. The second kappa shape index (κ2) is 5.65. The van der Waals surface area contributed by atoms with Gasteiger partial charge < -0.3 is 5.11 Å². The highest BCUT2D eigenvalue weighted by Gasteiger charge is 1.95. The molecule has 0 radical (unpaired) electrons. The minimum absolute atomic E-state index is 0.517. The van der Waals surface area contributed by atoms with Crippen LogP contribution in [0.15, 0.2) is 0 Å². The number of unbranched alkanes of at least 4 members (excludes halogenated alkanes) is 2. The normalized spacial score (nSPS) is 12.6. The molecule has 1 nitrogen and oxygen atoms in total. The van der Waals surface area contributed by atoms with Crippen LogP contribution in [-0.4, -0.2) is 11.2 Å². The van der Waals surface area contributed by atoms with Crippen molar-refractivity contribution in [1.82, 2.24) is 0 Å². The van der Waals surface area contributed by atoms with Crippen molar-refractivity contribution >= 4 is 0 Å². The molecule has 0 aliphatic heterocycles. The zero-order valence-electron chi connectivity index (χ0n) is 5.93. The molecule has 0 heterocycles. The maximum atomic E-state index is 8.85. The van der Waals surface area contributed by atoms with Crippen molar-refractivity contribution < 1.29 is 5.11 Å². The highest BCUT2D eigenvalue weighted by molar-refractivity contribution is 4.92. The summed E-state index contributed by atoms with van der Waals surface area (Å²) in [6.45, 7) is 2.13. The first kappa shape index (κ1) is 8.52. The quantitative estimate of drug-likeness (QED) is 0.447. The van der Waals surface area contributed by atoms with Crippen LogP contribution in [0.3, 0.4) is 0 Å². The SMILES string of the molecule is C#C[C@H](O)CCCCC. The minimum Gasteiger partial charge on any atom is -0.380 e. The number of aliphatic hydroxyl groups excluding tert-OH is 1. The maximum Gasteiger partial charge on any atom is 0.114 e. The average Bonchev–Trinajstić information content (AvgIpc) is 1.89. The number of hydrogen-bond acceptors (Lipinski definition) is 1. The monoisotopic (exact) mass is 126 g/mol. The van der Waals surface area contributed by atoms with Gasteiger partial charge in [0.05, 0.1) is 0 Å². The Morgan fingerprint density at radius 3 is 2.67 bits per heavy atom. The fourth-order valence-electron chi connectivity index (χ4n) is 0.671. The summed E-state index contributed by atoms with van der Waals surface area (Å²) in [5, 5.41) is 8.85. The highest BCUT2D eigenvalue weighted by atomic mass is 16.3. The van der Waals surface area contributed by atoms with E-state index in [2.05, 4.69) is 12.8 Å². The Kier molecular flexibility index (Phi) is 5.35. The molecule has 0 unspecified atom stereocenters.